The largest absolute Gasteiger partial charge is 0.356 e. The first-order chi connectivity index (χ1) is 9.06. The molecule has 1 saturated carbocycles. The van der Waals surface area contributed by atoms with Crippen LogP contribution in [0.15, 0.2) is 11.6 Å². The summed E-state index contributed by atoms with van der Waals surface area (Å²) in [4.78, 5) is 0. The fraction of sp³-hybridized carbons (Fsp3) is 0.882. The maximum Gasteiger partial charge on any atom is 0.131 e. The molecule has 0 spiro atoms. The average Bonchev–Trinajstić information content (AvgIpc) is 2.38. The molecule has 108 valence electrons. The van der Waals surface area contributed by atoms with Gasteiger partial charge in [-0.2, -0.15) is 0 Å². The predicted octanol–water partition coefficient (Wildman–Crippen LogP) is 4.02. The SMILES string of the molecule is C[C@@H]1CC[C@@H]2[C@@H](C1)O[C@@H](C1=CCCCC1)NC2(C)C. The maximum atomic E-state index is 6.46. The Morgan fingerprint density at radius 2 is 2.11 bits per heavy atom. The molecule has 1 aliphatic heterocycles. The van der Waals surface area contributed by atoms with Crippen LogP contribution < -0.4 is 5.32 Å². The van der Waals surface area contributed by atoms with E-state index in [4.69, 9.17) is 4.74 Å². The van der Waals surface area contributed by atoms with E-state index in [0.717, 1.165) is 5.92 Å². The molecule has 3 rings (SSSR count). The number of hydrogen-bond donors (Lipinski definition) is 1. The number of fused-ring (bicyclic) bond motifs is 1. The molecule has 2 nitrogen and oxygen atoms in total. The fourth-order valence-corrected chi connectivity index (χ4v) is 4.24. The molecule has 4 atom stereocenters. The van der Waals surface area contributed by atoms with Gasteiger partial charge in [0.25, 0.3) is 0 Å². The highest BCUT2D eigenvalue weighted by Crippen LogP contribution is 2.42. The molecule has 19 heavy (non-hydrogen) atoms. The van der Waals surface area contributed by atoms with Crippen molar-refractivity contribution in [3.05, 3.63) is 11.6 Å². The van der Waals surface area contributed by atoms with E-state index in [1.54, 1.807) is 0 Å². The molecule has 0 bridgehead atoms. The third-order valence-electron chi connectivity index (χ3n) is 5.46. The molecule has 2 aliphatic carbocycles. The standard InChI is InChI=1S/C17H29NO/c1-12-9-10-14-15(11-12)19-16(18-17(14,2)3)13-7-5-4-6-8-13/h7,12,14-16,18H,4-6,8-11H2,1-3H3/t12-,14-,15-,16+/m1/s1. The molecule has 0 aromatic carbocycles. The van der Waals surface area contributed by atoms with Crippen LogP contribution in [0.4, 0.5) is 0 Å². The zero-order chi connectivity index (χ0) is 13.5. The first kappa shape index (κ1) is 13.6. The molecule has 1 heterocycles. The van der Waals surface area contributed by atoms with Crippen LogP contribution in [0, 0.1) is 11.8 Å². The lowest BCUT2D eigenvalue weighted by Gasteiger charge is -2.52. The predicted molar refractivity (Wildman–Crippen MR) is 78.9 cm³/mol. The third kappa shape index (κ3) is 2.75. The van der Waals surface area contributed by atoms with Crippen molar-refractivity contribution in [1.29, 1.82) is 0 Å². The number of ether oxygens (including phenoxy) is 1. The lowest BCUT2D eigenvalue weighted by molar-refractivity contribution is -0.141. The van der Waals surface area contributed by atoms with E-state index in [9.17, 15) is 0 Å². The van der Waals surface area contributed by atoms with E-state index in [1.807, 2.05) is 0 Å². The van der Waals surface area contributed by atoms with Crippen molar-refractivity contribution in [2.24, 2.45) is 11.8 Å². The van der Waals surface area contributed by atoms with Crippen LogP contribution in [-0.2, 0) is 4.74 Å². The summed E-state index contributed by atoms with van der Waals surface area (Å²) in [7, 11) is 0. The molecule has 1 saturated heterocycles. The van der Waals surface area contributed by atoms with Gasteiger partial charge in [0.05, 0.1) is 6.10 Å². The summed E-state index contributed by atoms with van der Waals surface area (Å²) in [5, 5.41) is 3.79. The number of rotatable bonds is 1. The molecule has 2 heteroatoms. The van der Waals surface area contributed by atoms with Crippen molar-refractivity contribution >= 4 is 0 Å². The molecule has 1 N–H and O–H groups in total. The van der Waals surface area contributed by atoms with Crippen LogP contribution in [-0.4, -0.2) is 17.9 Å². The number of nitrogens with one attached hydrogen (secondary N) is 1. The zero-order valence-electron chi connectivity index (χ0n) is 12.7. The molecule has 0 radical (unpaired) electrons. The Hall–Kier alpha value is -0.340. The molecule has 0 aromatic rings. The molecule has 0 unspecified atom stereocenters. The van der Waals surface area contributed by atoms with Crippen LogP contribution in [0.1, 0.15) is 65.7 Å². The summed E-state index contributed by atoms with van der Waals surface area (Å²) in [6.07, 6.45) is 12.1. The Labute approximate surface area is 118 Å². The van der Waals surface area contributed by atoms with Gasteiger partial charge in [-0.25, -0.2) is 0 Å². The molecular weight excluding hydrogens is 234 g/mol. The van der Waals surface area contributed by atoms with E-state index in [1.165, 1.54) is 50.5 Å². The second kappa shape index (κ2) is 5.21. The minimum absolute atomic E-state index is 0.182. The second-order valence-corrected chi connectivity index (χ2v) is 7.47. The third-order valence-corrected chi connectivity index (χ3v) is 5.46. The van der Waals surface area contributed by atoms with E-state index in [0.29, 0.717) is 12.0 Å². The fourth-order valence-electron chi connectivity index (χ4n) is 4.24. The summed E-state index contributed by atoms with van der Waals surface area (Å²) in [5.74, 6) is 1.51. The lowest BCUT2D eigenvalue weighted by Crippen LogP contribution is -2.63. The van der Waals surface area contributed by atoms with Gasteiger partial charge in [-0.3, -0.25) is 5.32 Å². The molecular formula is C17H29NO. The first-order valence-corrected chi connectivity index (χ1v) is 8.18. The summed E-state index contributed by atoms with van der Waals surface area (Å²) in [5.41, 5.74) is 1.72. The van der Waals surface area contributed by atoms with Crippen LogP contribution in [0.2, 0.25) is 0 Å². The van der Waals surface area contributed by atoms with E-state index in [-0.39, 0.29) is 11.8 Å². The van der Waals surface area contributed by atoms with Gasteiger partial charge in [0.15, 0.2) is 0 Å². The van der Waals surface area contributed by atoms with Crippen LogP contribution >= 0.6 is 0 Å². The Morgan fingerprint density at radius 3 is 2.84 bits per heavy atom. The topological polar surface area (TPSA) is 21.3 Å². The average molecular weight is 263 g/mol. The number of allylic oxidation sites excluding steroid dienone is 1. The van der Waals surface area contributed by atoms with E-state index >= 15 is 0 Å². The van der Waals surface area contributed by atoms with Crippen molar-refractivity contribution in [2.45, 2.75) is 83.6 Å². The summed E-state index contributed by atoms with van der Waals surface area (Å²) in [6, 6.07) is 0. The maximum absolute atomic E-state index is 6.46. The highest BCUT2D eigenvalue weighted by atomic mass is 16.5. The highest BCUT2D eigenvalue weighted by molar-refractivity contribution is 5.14. The van der Waals surface area contributed by atoms with Crippen molar-refractivity contribution in [2.75, 3.05) is 0 Å². The summed E-state index contributed by atoms with van der Waals surface area (Å²) < 4.78 is 6.46. The van der Waals surface area contributed by atoms with Crippen LogP contribution in [0.3, 0.4) is 0 Å². The lowest BCUT2D eigenvalue weighted by atomic mass is 9.70. The van der Waals surface area contributed by atoms with Gasteiger partial charge in [0, 0.05) is 11.5 Å². The highest BCUT2D eigenvalue weighted by Gasteiger charge is 2.46. The van der Waals surface area contributed by atoms with Crippen molar-refractivity contribution in [3.63, 3.8) is 0 Å². The second-order valence-electron chi connectivity index (χ2n) is 7.47. The van der Waals surface area contributed by atoms with E-state index in [2.05, 4.69) is 32.2 Å². The Bertz CT molecular complexity index is 360. The smallest absolute Gasteiger partial charge is 0.131 e. The normalized spacial score (nSPS) is 42.4. The van der Waals surface area contributed by atoms with E-state index < -0.39 is 0 Å². The molecule has 0 amide bonds. The number of hydrogen-bond acceptors (Lipinski definition) is 2. The molecule has 3 aliphatic rings. The Kier molecular flexibility index (Phi) is 3.74. The van der Waals surface area contributed by atoms with Gasteiger partial charge in [-0.15, -0.1) is 0 Å². The monoisotopic (exact) mass is 263 g/mol. The Balaban J connectivity index is 1.77. The van der Waals surface area contributed by atoms with Gasteiger partial charge in [-0.1, -0.05) is 19.4 Å². The van der Waals surface area contributed by atoms with Crippen LogP contribution in [0.25, 0.3) is 0 Å². The van der Waals surface area contributed by atoms with Crippen molar-refractivity contribution in [3.8, 4) is 0 Å². The van der Waals surface area contributed by atoms with Gasteiger partial charge >= 0.3 is 0 Å². The minimum atomic E-state index is 0.182. The van der Waals surface area contributed by atoms with Gasteiger partial charge in [-0.05, 0) is 63.9 Å². The first-order valence-electron chi connectivity index (χ1n) is 8.18. The summed E-state index contributed by atoms with van der Waals surface area (Å²) >= 11 is 0. The van der Waals surface area contributed by atoms with Crippen molar-refractivity contribution in [1.82, 2.24) is 5.32 Å². The quantitative estimate of drug-likeness (QED) is 0.722. The van der Waals surface area contributed by atoms with Crippen molar-refractivity contribution < 1.29 is 4.74 Å². The Morgan fingerprint density at radius 1 is 1.26 bits per heavy atom. The summed E-state index contributed by atoms with van der Waals surface area (Å²) in [6.45, 7) is 7.13. The molecule has 2 fully saturated rings. The zero-order valence-corrected chi connectivity index (χ0v) is 12.7. The molecule has 0 aromatic heterocycles. The van der Waals surface area contributed by atoms with Gasteiger partial charge in [0.2, 0.25) is 0 Å². The van der Waals surface area contributed by atoms with Gasteiger partial charge < -0.3 is 4.74 Å². The van der Waals surface area contributed by atoms with Gasteiger partial charge in [0.1, 0.15) is 6.23 Å². The minimum Gasteiger partial charge on any atom is -0.356 e. The van der Waals surface area contributed by atoms with Crippen LogP contribution in [0.5, 0.6) is 0 Å².